The Labute approximate surface area is 109 Å². The number of piperazine rings is 1. The number of hydrazone groups is 1. The van der Waals surface area contributed by atoms with Gasteiger partial charge in [-0.15, -0.1) is 0 Å². The van der Waals surface area contributed by atoms with Crippen LogP contribution in [-0.4, -0.2) is 42.3 Å². The molecule has 0 spiro atoms. The maximum atomic E-state index is 11.7. The summed E-state index contributed by atoms with van der Waals surface area (Å²) >= 11 is 0. The first-order valence-electron chi connectivity index (χ1n) is 5.80. The predicted molar refractivity (Wildman–Crippen MR) is 68.6 cm³/mol. The van der Waals surface area contributed by atoms with Crippen LogP contribution in [0, 0.1) is 0 Å². The Kier molecular flexibility index (Phi) is 4.09. The lowest BCUT2D eigenvalue weighted by atomic mass is 10.2. The molecule has 1 heterocycles. The molecule has 2 rings (SSSR count). The van der Waals surface area contributed by atoms with Crippen LogP contribution in [0.1, 0.15) is 5.56 Å². The molecule has 0 unspecified atom stereocenters. The lowest BCUT2D eigenvalue weighted by Crippen LogP contribution is -2.58. The molecule has 1 aliphatic rings. The third-order valence-corrected chi connectivity index (χ3v) is 2.56. The van der Waals surface area contributed by atoms with Gasteiger partial charge in [0.15, 0.2) is 6.04 Å². The average molecular weight is 262 g/mol. The van der Waals surface area contributed by atoms with E-state index in [1.807, 2.05) is 0 Å². The van der Waals surface area contributed by atoms with E-state index in [9.17, 15) is 14.7 Å². The topological polar surface area (TPSA) is 103 Å². The minimum Gasteiger partial charge on any atom is -0.508 e. The predicted octanol–water partition coefficient (Wildman–Crippen LogP) is -1.07. The second kappa shape index (κ2) is 5.96. The van der Waals surface area contributed by atoms with E-state index in [-0.39, 0.29) is 11.7 Å². The third kappa shape index (κ3) is 3.52. The molecule has 1 saturated heterocycles. The molecule has 7 nitrogen and oxygen atoms in total. The number of nitrogens with one attached hydrogen (secondary N) is 3. The van der Waals surface area contributed by atoms with Gasteiger partial charge in [-0.1, -0.05) is 12.1 Å². The Balaban J connectivity index is 1.91. The maximum Gasteiger partial charge on any atom is 0.266 e. The lowest BCUT2D eigenvalue weighted by Gasteiger charge is -2.21. The van der Waals surface area contributed by atoms with Crippen molar-refractivity contribution in [1.82, 2.24) is 16.1 Å². The summed E-state index contributed by atoms with van der Waals surface area (Å²) < 4.78 is 0. The van der Waals surface area contributed by atoms with Gasteiger partial charge in [0.05, 0.1) is 6.21 Å². The Morgan fingerprint density at radius 1 is 1.47 bits per heavy atom. The van der Waals surface area contributed by atoms with Crippen molar-refractivity contribution in [1.29, 1.82) is 0 Å². The van der Waals surface area contributed by atoms with E-state index >= 15 is 0 Å². The van der Waals surface area contributed by atoms with Gasteiger partial charge in [0.2, 0.25) is 5.91 Å². The monoisotopic (exact) mass is 262 g/mol. The molecule has 2 amide bonds. The maximum absolute atomic E-state index is 11.7. The second-order valence-corrected chi connectivity index (χ2v) is 4.01. The SMILES string of the molecule is O=C1NCCN[C@@H]1C(=O)N/N=C\c1cccc(O)c1. The van der Waals surface area contributed by atoms with E-state index < -0.39 is 11.9 Å². The molecule has 1 aliphatic heterocycles. The third-order valence-electron chi connectivity index (χ3n) is 2.56. The normalized spacial score (nSPS) is 19.2. The number of phenolic OH excluding ortho intramolecular Hbond substituents is 1. The smallest absolute Gasteiger partial charge is 0.266 e. The van der Waals surface area contributed by atoms with Crippen molar-refractivity contribution in [2.45, 2.75) is 6.04 Å². The van der Waals surface area contributed by atoms with Crippen molar-refractivity contribution >= 4 is 18.0 Å². The van der Waals surface area contributed by atoms with E-state index in [0.717, 1.165) is 0 Å². The van der Waals surface area contributed by atoms with E-state index in [1.54, 1.807) is 12.1 Å². The van der Waals surface area contributed by atoms with Crippen LogP contribution in [0.4, 0.5) is 0 Å². The number of nitrogens with zero attached hydrogens (tertiary/aromatic N) is 1. The van der Waals surface area contributed by atoms with Crippen LogP contribution in [0.25, 0.3) is 0 Å². The molecule has 1 atom stereocenters. The fraction of sp³-hybridized carbons (Fsp3) is 0.250. The van der Waals surface area contributed by atoms with Crippen molar-refractivity contribution in [2.75, 3.05) is 13.1 Å². The molecule has 1 fully saturated rings. The van der Waals surface area contributed by atoms with E-state index in [1.165, 1.54) is 18.3 Å². The fourth-order valence-electron chi connectivity index (χ4n) is 1.65. The van der Waals surface area contributed by atoms with Gasteiger partial charge >= 0.3 is 0 Å². The largest absolute Gasteiger partial charge is 0.508 e. The summed E-state index contributed by atoms with van der Waals surface area (Å²) in [5.41, 5.74) is 2.92. The zero-order valence-corrected chi connectivity index (χ0v) is 10.1. The summed E-state index contributed by atoms with van der Waals surface area (Å²) in [6.07, 6.45) is 1.39. The Morgan fingerprint density at radius 2 is 2.32 bits per heavy atom. The van der Waals surface area contributed by atoms with Gasteiger partial charge in [-0.05, 0) is 17.7 Å². The average Bonchev–Trinajstić information content (AvgIpc) is 2.39. The lowest BCUT2D eigenvalue weighted by molar-refractivity contribution is -0.133. The van der Waals surface area contributed by atoms with E-state index in [4.69, 9.17) is 0 Å². The molecule has 1 aromatic rings. The van der Waals surface area contributed by atoms with Crippen molar-refractivity contribution in [3.63, 3.8) is 0 Å². The molecule has 0 aliphatic carbocycles. The summed E-state index contributed by atoms with van der Waals surface area (Å²) in [6, 6.07) is 5.50. The molecule has 0 saturated carbocycles. The van der Waals surface area contributed by atoms with Crippen molar-refractivity contribution in [3.05, 3.63) is 29.8 Å². The first kappa shape index (κ1) is 13.0. The quantitative estimate of drug-likeness (QED) is 0.316. The summed E-state index contributed by atoms with van der Waals surface area (Å²) in [6.45, 7) is 1.05. The van der Waals surface area contributed by atoms with Crippen LogP contribution in [0.2, 0.25) is 0 Å². The first-order valence-corrected chi connectivity index (χ1v) is 5.80. The van der Waals surface area contributed by atoms with Crippen LogP contribution in [-0.2, 0) is 9.59 Å². The molecule has 1 aromatic carbocycles. The Morgan fingerprint density at radius 3 is 3.05 bits per heavy atom. The van der Waals surface area contributed by atoms with Crippen LogP contribution in [0.5, 0.6) is 5.75 Å². The van der Waals surface area contributed by atoms with Crippen LogP contribution >= 0.6 is 0 Å². The van der Waals surface area contributed by atoms with Gasteiger partial charge in [0, 0.05) is 13.1 Å². The van der Waals surface area contributed by atoms with Gasteiger partial charge in [0.25, 0.3) is 5.91 Å². The second-order valence-electron chi connectivity index (χ2n) is 4.01. The van der Waals surface area contributed by atoms with Gasteiger partial charge in [-0.2, -0.15) is 5.10 Å². The van der Waals surface area contributed by atoms with Crippen molar-refractivity contribution < 1.29 is 14.7 Å². The summed E-state index contributed by atoms with van der Waals surface area (Å²) in [5, 5.41) is 18.4. The van der Waals surface area contributed by atoms with Crippen LogP contribution in [0.15, 0.2) is 29.4 Å². The van der Waals surface area contributed by atoms with E-state index in [0.29, 0.717) is 18.7 Å². The highest BCUT2D eigenvalue weighted by atomic mass is 16.3. The summed E-state index contributed by atoms with van der Waals surface area (Å²) in [7, 11) is 0. The number of carbonyl (C=O) groups is 2. The minimum atomic E-state index is -0.921. The Bertz CT molecular complexity index is 515. The summed E-state index contributed by atoms with van der Waals surface area (Å²) in [4.78, 5) is 23.1. The minimum absolute atomic E-state index is 0.114. The molecular formula is C12H14N4O3. The number of carbonyl (C=O) groups excluding carboxylic acids is 2. The van der Waals surface area contributed by atoms with Crippen LogP contribution in [0.3, 0.4) is 0 Å². The van der Waals surface area contributed by atoms with Crippen LogP contribution < -0.4 is 16.1 Å². The number of hydrogen-bond acceptors (Lipinski definition) is 5. The molecule has 19 heavy (non-hydrogen) atoms. The highest BCUT2D eigenvalue weighted by Gasteiger charge is 2.28. The van der Waals surface area contributed by atoms with E-state index in [2.05, 4.69) is 21.2 Å². The number of amides is 2. The zero-order valence-electron chi connectivity index (χ0n) is 10.1. The molecule has 0 bridgehead atoms. The molecule has 4 N–H and O–H groups in total. The number of aromatic hydroxyl groups is 1. The molecule has 0 aromatic heterocycles. The molecule has 100 valence electrons. The fourth-order valence-corrected chi connectivity index (χ4v) is 1.65. The van der Waals surface area contributed by atoms with Gasteiger partial charge in [-0.25, -0.2) is 5.43 Å². The standard InChI is InChI=1S/C12H14N4O3/c17-9-3-1-2-8(6-9)7-15-16-12(19)10-11(18)14-5-4-13-10/h1-3,6-7,10,13,17H,4-5H2,(H,14,18)(H,16,19)/b15-7-/t10-/m0/s1. The number of rotatable bonds is 3. The number of hydrogen-bond donors (Lipinski definition) is 4. The van der Waals surface area contributed by atoms with Gasteiger partial charge in [0.1, 0.15) is 5.75 Å². The molecule has 0 radical (unpaired) electrons. The number of benzene rings is 1. The zero-order chi connectivity index (χ0) is 13.7. The Hall–Kier alpha value is -2.41. The van der Waals surface area contributed by atoms with Crippen molar-refractivity contribution in [3.8, 4) is 5.75 Å². The van der Waals surface area contributed by atoms with Crippen molar-refractivity contribution in [2.24, 2.45) is 5.10 Å². The van der Waals surface area contributed by atoms with Gasteiger partial charge in [-0.3, -0.25) is 14.9 Å². The first-order chi connectivity index (χ1) is 9.16. The molecular weight excluding hydrogens is 248 g/mol. The highest BCUT2D eigenvalue weighted by Crippen LogP contribution is 2.08. The summed E-state index contributed by atoms with van der Waals surface area (Å²) in [5.74, 6) is -0.770. The molecule has 7 heteroatoms. The highest BCUT2D eigenvalue weighted by molar-refractivity contribution is 6.04. The number of phenols is 1. The van der Waals surface area contributed by atoms with Gasteiger partial charge < -0.3 is 10.4 Å².